The molecule has 0 saturated carbocycles. The van der Waals surface area contributed by atoms with E-state index in [1.807, 2.05) is 30.3 Å². The van der Waals surface area contributed by atoms with E-state index in [9.17, 15) is 4.79 Å². The van der Waals surface area contributed by atoms with Crippen molar-refractivity contribution in [2.75, 3.05) is 13.1 Å². The van der Waals surface area contributed by atoms with E-state index in [0.29, 0.717) is 25.9 Å². The quantitative estimate of drug-likeness (QED) is 0.817. The Bertz CT molecular complexity index is 486. The van der Waals surface area contributed by atoms with Crippen LogP contribution in [-0.4, -0.2) is 19.0 Å². The molecule has 3 N–H and O–H groups in total. The molecule has 1 amide bonds. The molecule has 0 saturated heterocycles. The predicted molar refractivity (Wildman–Crippen MR) is 71.2 cm³/mol. The number of para-hydroxylation sites is 1. The summed E-state index contributed by atoms with van der Waals surface area (Å²) in [6.45, 7) is 1.15. The summed E-state index contributed by atoms with van der Waals surface area (Å²) in [5.74, 6) is 0.951. The summed E-state index contributed by atoms with van der Waals surface area (Å²) in [6, 6.07) is 9.91. The molecule has 0 atom stereocenters. The van der Waals surface area contributed by atoms with Crippen LogP contribution in [0.2, 0.25) is 0 Å². The normalized spacial score (nSPS) is 10.7. The Balaban J connectivity index is 1.81. The minimum absolute atomic E-state index is 0.0524. The topological polar surface area (TPSA) is 68.3 Å². The van der Waals surface area contributed by atoms with Crippen molar-refractivity contribution in [2.45, 2.75) is 19.3 Å². The standard InChI is InChI=1S/C14H18N2O2/c15-8-3-6-14(17)16-9-7-12-10-11-4-1-2-5-13(11)18-12/h1-2,4-5,10H,3,6-9,15H2,(H,16,17). The van der Waals surface area contributed by atoms with E-state index in [1.54, 1.807) is 0 Å². The first-order valence-corrected chi connectivity index (χ1v) is 6.24. The molecule has 2 rings (SSSR count). The lowest BCUT2D eigenvalue weighted by Gasteiger charge is -2.02. The molecule has 0 aliphatic heterocycles. The molecule has 2 aromatic rings. The molecule has 1 aromatic heterocycles. The summed E-state index contributed by atoms with van der Waals surface area (Å²) in [7, 11) is 0. The predicted octanol–water partition coefficient (Wildman–Crippen LogP) is 1.83. The van der Waals surface area contributed by atoms with Crippen LogP contribution in [0, 0.1) is 0 Å². The van der Waals surface area contributed by atoms with Gasteiger partial charge in [0.1, 0.15) is 11.3 Å². The molecular weight excluding hydrogens is 228 g/mol. The van der Waals surface area contributed by atoms with Gasteiger partial charge in [-0.3, -0.25) is 4.79 Å². The Hall–Kier alpha value is -1.81. The fourth-order valence-electron chi connectivity index (χ4n) is 1.84. The van der Waals surface area contributed by atoms with Gasteiger partial charge in [0, 0.05) is 24.8 Å². The van der Waals surface area contributed by atoms with Crippen molar-refractivity contribution in [2.24, 2.45) is 5.73 Å². The molecule has 1 heterocycles. The molecule has 0 spiro atoms. The van der Waals surface area contributed by atoms with Crippen LogP contribution < -0.4 is 11.1 Å². The summed E-state index contributed by atoms with van der Waals surface area (Å²) in [4.78, 5) is 11.4. The smallest absolute Gasteiger partial charge is 0.220 e. The largest absolute Gasteiger partial charge is 0.461 e. The fourth-order valence-corrected chi connectivity index (χ4v) is 1.84. The summed E-state index contributed by atoms with van der Waals surface area (Å²) < 4.78 is 5.66. The number of fused-ring (bicyclic) bond motifs is 1. The van der Waals surface area contributed by atoms with E-state index in [1.165, 1.54) is 0 Å². The number of hydrogen-bond acceptors (Lipinski definition) is 3. The van der Waals surface area contributed by atoms with Gasteiger partial charge in [0.25, 0.3) is 0 Å². The van der Waals surface area contributed by atoms with Gasteiger partial charge in [0.2, 0.25) is 5.91 Å². The third kappa shape index (κ3) is 3.34. The maximum atomic E-state index is 11.4. The molecule has 0 aliphatic carbocycles. The van der Waals surface area contributed by atoms with Gasteiger partial charge < -0.3 is 15.5 Å². The number of nitrogens with two attached hydrogens (primary N) is 1. The molecular formula is C14H18N2O2. The van der Waals surface area contributed by atoms with E-state index in [-0.39, 0.29) is 5.91 Å². The first-order valence-electron chi connectivity index (χ1n) is 6.24. The highest BCUT2D eigenvalue weighted by molar-refractivity contribution is 5.78. The van der Waals surface area contributed by atoms with Gasteiger partial charge in [-0.1, -0.05) is 18.2 Å². The summed E-state index contributed by atoms with van der Waals surface area (Å²) in [5.41, 5.74) is 6.24. The molecule has 4 nitrogen and oxygen atoms in total. The van der Waals surface area contributed by atoms with Crippen LogP contribution in [0.3, 0.4) is 0 Å². The molecule has 0 fully saturated rings. The zero-order chi connectivity index (χ0) is 12.8. The van der Waals surface area contributed by atoms with Crippen molar-refractivity contribution < 1.29 is 9.21 Å². The minimum atomic E-state index is 0.0524. The van der Waals surface area contributed by atoms with Gasteiger partial charge in [-0.15, -0.1) is 0 Å². The average molecular weight is 246 g/mol. The van der Waals surface area contributed by atoms with Crippen LogP contribution in [0.15, 0.2) is 34.7 Å². The SMILES string of the molecule is NCCCC(=O)NCCc1cc2ccccc2o1. The van der Waals surface area contributed by atoms with Crippen molar-refractivity contribution >= 4 is 16.9 Å². The van der Waals surface area contributed by atoms with Crippen molar-refractivity contribution in [1.29, 1.82) is 0 Å². The second-order valence-electron chi connectivity index (χ2n) is 4.24. The van der Waals surface area contributed by atoms with E-state index in [0.717, 1.165) is 23.2 Å². The highest BCUT2D eigenvalue weighted by atomic mass is 16.3. The lowest BCUT2D eigenvalue weighted by Crippen LogP contribution is -2.25. The molecule has 0 radical (unpaired) electrons. The second-order valence-corrected chi connectivity index (χ2v) is 4.24. The van der Waals surface area contributed by atoms with Gasteiger partial charge in [0.15, 0.2) is 0 Å². The average Bonchev–Trinajstić information content (AvgIpc) is 2.79. The maximum absolute atomic E-state index is 11.4. The van der Waals surface area contributed by atoms with Crippen molar-refractivity contribution in [3.63, 3.8) is 0 Å². The van der Waals surface area contributed by atoms with Crippen LogP contribution >= 0.6 is 0 Å². The van der Waals surface area contributed by atoms with E-state index < -0.39 is 0 Å². The Morgan fingerprint density at radius 2 is 2.17 bits per heavy atom. The number of carbonyl (C=O) groups is 1. The lowest BCUT2D eigenvalue weighted by molar-refractivity contribution is -0.121. The van der Waals surface area contributed by atoms with Gasteiger partial charge >= 0.3 is 0 Å². The van der Waals surface area contributed by atoms with Gasteiger partial charge in [0.05, 0.1) is 0 Å². The summed E-state index contributed by atoms with van der Waals surface area (Å²) >= 11 is 0. The zero-order valence-electron chi connectivity index (χ0n) is 10.3. The van der Waals surface area contributed by atoms with Gasteiger partial charge in [-0.05, 0) is 25.1 Å². The van der Waals surface area contributed by atoms with Crippen LogP contribution in [0.5, 0.6) is 0 Å². The van der Waals surface area contributed by atoms with Crippen LogP contribution in [0.25, 0.3) is 11.0 Å². The fraction of sp³-hybridized carbons (Fsp3) is 0.357. The molecule has 18 heavy (non-hydrogen) atoms. The Morgan fingerprint density at radius 3 is 2.94 bits per heavy atom. The highest BCUT2D eigenvalue weighted by Crippen LogP contribution is 2.18. The monoisotopic (exact) mass is 246 g/mol. The second kappa shape index (κ2) is 6.21. The first-order chi connectivity index (χ1) is 8.79. The lowest BCUT2D eigenvalue weighted by atomic mass is 10.2. The first kappa shape index (κ1) is 12.6. The summed E-state index contributed by atoms with van der Waals surface area (Å²) in [6.07, 6.45) is 1.94. The van der Waals surface area contributed by atoms with Crippen LogP contribution in [0.1, 0.15) is 18.6 Å². The Kier molecular flexibility index (Phi) is 4.36. The number of amides is 1. The van der Waals surface area contributed by atoms with Crippen molar-refractivity contribution in [1.82, 2.24) is 5.32 Å². The molecule has 0 unspecified atom stereocenters. The summed E-state index contributed by atoms with van der Waals surface area (Å²) in [5, 5.41) is 3.95. The van der Waals surface area contributed by atoms with E-state index in [2.05, 4.69) is 5.32 Å². The maximum Gasteiger partial charge on any atom is 0.220 e. The third-order valence-corrected chi connectivity index (χ3v) is 2.78. The van der Waals surface area contributed by atoms with Crippen molar-refractivity contribution in [3.05, 3.63) is 36.1 Å². The number of nitrogens with one attached hydrogen (secondary N) is 1. The van der Waals surface area contributed by atoms with Crippen LogP contribution in [0.4, 0.5) is 0 Å². The third-order valence-electron chi connectivity index (χ3n) is 2.78. The van der Waals surface area contributed by atoms with E-state index >= 15 is 0 Å². The van der Waals surface area contributed by atoms with Gasteiger partial charge in [-0.25, -0.2) is 0 Å². The molecule has 96 valence electrons. The number of hydrogen-bond donors (Lipinski definition) is 2. The molecule has 4 heteroatoms. The van der Waals surface area contributed by atoms with Crippen LogP contribution in [-0.2, 0) is 11.2 Å². The number of benzene rings is 1. The van der Waals surface area contributed by atoms with Crippen molar-refractivity contribution in [3.8, 4) is 0 Å². The minimum Gasteiger partial charge on any atom is -0.461 e. The molecule has 1 aromatic carbocycles. The Labute approximate surface area is 106 Å². The van der Waals surface area contributed by atoms with Gasteiger partial charge in [-0.2, -0.15) is 0 Å². The molecule has 0 aliphatic rings. The molecule has 0 bridgehead atoms. The number of carbonyl (C=O) groups excluding carboxylic acids is 1. The highest BCUT2D eigenvalue weighted by Gasteiger charge is 2.04. The Morgan fingerprint density at radius 1 is 1.33 bits per heavy atom. The zero-order valence-corrected chi connectivity index (χ0v) is 10.3. The number of rotatable bonds is 6. The number of furan rings is 1. The van der Waals surface area contributed by atoms with E-state index in [4.69, 9.17) is 10.2 Å².